The Labute approximate surface area is 489 Å². The van der Waals surface area contributed by atoms with Crippen molar-refractivity contribution in [1.29, 1.82) is 0 Å². The zero-order valence-corrected chi connectivity index (χ0v) is 53.0. The molecule has 0 amide bonds. The molecule has 0 heterocycles. The van der Waals surface area contributed by atoms with Gasteiger partial charge in [0, 0.05) is 19.4 Å². The number of unbranched alkanes of at least 4 members (excludes halogenated alkanes) is 44. The molecule has 2 unspecified atom stereocenters. The Kier molecular flexibility index (Phi) is 63.5. The summed E-state index contributed by atoms with van der Waals surface area (Å²) in [6, 6.07) is 0. The molecule has 0 aromatic heterocycles. The van der Waals surface area contributed by atoms with E-state index in [0.717, 1.165) is 51.4 Å². The van der Waals surface area contributed by atoms with Gasteiger partial charge in [0.1, 0.15) is 6.61 Å². The van der Waals surface area contributed by atoms with Crippen molar-refractivity contribution in [3.05, 3.63) is 48.6 Å². The predicted molar refractivity (Wildman–Crippen MR) is 340 cm³/mol. The van der Waals surface area contributed by atoms with Crippen LogP contribution in [0.25, 0.3) is 0 Å². The number of nitrogens with two attached hydrogens (primary N) is 1. The Morgan fingerprint density at radius 2 is 0.658 bits per heavy atom. The van der Waals surface area contributed by atoms with E-state index in [-0.39, 0.29) is 38.6 Å². The molecule has 0 rings (SSSR count). The summed E-state index contributed by atoms with van der Waals surface area (Å²) < 4.78 is 33.2. The maximum atomic E-state index is 12.7. The lowest BCUT2D eigenvalue weighted by Crippen LogP contribution is -2.29. The third-order valence-electron chi connectivity index (χ3n) is 15.2. The fourth-order valence-corrected chi connectivity index (χ4v) is 10.9. The standard InChI is InChI=1S/C69H130NO8P/c1-3-5-7-9-11-13-15-17-19-21-23-25-27-29-31-32-33-34-36-37-39-41-43-45-47-49-51-53-55-57-59-61-68(71)75-65-67(66-77-79(73,74)76-64-63-70)78-69(72)62-60-58-56-54-52-50-48-46-44-42-40-38-35-30-28-26-24-22-20-18-16-14-12-10-8-6-4-2/h16,18,21-24,28,30,67H,3-15,17,19-20,25-27,29,31-66,70H2,1-2H3,(H,73,74)/b18-16-,23-21-,24-22-,30-28-. The van der Waals surface area contributed by atoms with Gasteiger partial charge in [0.15, 0.2) is 6.10 Å². The van der Waals surface area contributed by atoms with Gasteiger partial charge in [-0.2, -0.15) is 0 Å². The van der Waals surface area contributed by atoms with Gasteiger partial charge >= 0.3 is 19.8 Å². The van der Waals surface area contributed by atoms with E-state index in [1.165, 1.54) is 263 Å². The SMILES string of the molecule is CCCCCCC/C=C\C/C=C\C/C=C\CCCCCCCCCCCCCCC(=O)OC(COC(=O)CCCCCCCCCCCCCCCCCCCCC/C=C\CCCCCCCCCC)COP(=O)(O)OCCN. The number of carbonyl (C=O) groups is 2. The van der Waals surface area contributed by atoms with E-state index < -0.39 is 26.5 Å². The van der Waals surface area contributed by atoms with E-state index in [2.05, 4.69) is 62.5 Å². The third kappa shape index (κ3) is 65.0. The lowest BCUT2D eigenvalue weighted by atomic mass is 10.0. The molecule has 9 nitrogen and oxygen atoms in total. The minimum atomic E-state index is -4.39. The number of allylic oxidation sites excluding steroid dienone is 8. The summed E-state index contributed by atoms with van der Waals surface area (Å²) in [4.78, 5) is 35.3. The minimum absolute atomic E-state index is 0.0538. The van der Waals surface area contributed by atoms with E-state index in [0.29, 0.717) is 6.42 Å². The molecule has 0 aliphatic rings. The summed E-state index contributed by atoms with van der Waals surface area (Å²) >= 11 is 0. The molecule has 2 atom stereocenters. The van der Waals surface area contributed by atoms with E-state index in [1.54, 1.807) is 0 Å². The Balaban J connectivity index is 3.86. The van der Waals surface area contributed by atoms with E-state index >= 15 is 0 Å². The van der Waals surface area contributed by atoms with Crippen LogP contribution in [0.4, 0.5) is 0 Å². The monoisotopic (exact) mass is 1130 g/mol. The van der Waals surface area contributed by atoms with Gasteiger partial charge in [-0.05, 0) is 77.0 Å². The van der Waals surface area contributed by atoms with Crippen molar-refractivity contribution >= 4 is 19.8 Å². The molecule has 0 fully saturated rings. The van der Waals surface area contributed by atoms with Crippen LogP contribution in [-0.2, 0) is 32.7 Å². The molecule has 464 valence electrons. The topological polar surface area (TPSA) is 134 Å². The maximum absolute atomic E-state index is 12.7. The first-order chi connectivity index (χ1) is 38.8. The largest absolute Gasteiger partial charge is 0.472 e. The maximum Gasteiger partial charge on any atom is 0.472 e. The van der Waals surface area contributed by atoms with Crippen LogP contribution in [0.15, 0.2) is 48.6 Å². The van der Waals surface area contributed by atoms with Gasteiger partial charge < -0.3 is 20.1 Å². The summed E-state index contributed by atoms with van der Waals surface area (Å²) in [7, 11) is -4.39. The van der Waals surface area contributed by atoms with Gasteiger partial charge in [0.25, 0.3) is 0 Å². The number of ether oxygens (including phenoxy) is 2. The van der Waals surface area contributed by atoms with Gasteiger partial charge in [-0.15, -0.1) is 0 Å². The molecular weight excluding hydrogens is 1000 g/mol. The lowest BCUT2D eigenvalue weighted by molar-refractivity contribution is -0.161. The second kappa shape index (κ2) is 65.1. The second-order valence-electron chi connectivity index (χ2n) is 23.0. The highest BCUT2D eigenvalue weighted by Gasteiger charge is 2.26. The van der Waals surface area contributed by atoms with Crippen LogP contribution in [0, 0.1) is 0 Å². The number of phosphoric acid groups is 1. The average molecular weight is 1130 g/mol. The zero-order valence-electron chi connectivity index (χ0n) is 52.1. The fourth-order valence-electron chi connectivity index (χ4n) is 10.1. The second-order valence-corrected chi connectivity index (χ2v) is 24.5. The van der Waals surface area contributed by atoms with E-state index in [4.69, 9.17) is 24.3 Å². The molecule has 0 aliphatic heterocycles. The summed E-state index contributed by atoms with van der Waals surface area (Å²) in [5.41, 5.74) is 5.40. The minimum Gasteiger partial charge on any atom is -0.462 e. The van der Waals surface area contributed by atoms with Gasteiger partial charge in [-0.1, -0.05) is 306 Å². The molecule has 10 heteroatoms. The first-order valence-corrected chi connectivity index (χ1v) is 35.6. The molecule has 0 bridgehead atoms. The molecule has 79 heavy (non-hydrogen) atoms. The highest BCUT2D eigenvalue weighted by Crippen LogP contribution is 2.43. The molecule has 0 radical (unpaired) electrons. The van der Waals surface area contributed by atoms with Crippen LogP contribution in [-0.4, -0.2) is 49.3 Å². The van der Waals surface area contributed by atoms with Crippen molar-refractivity contribution in [3.63, 3.8) is 0 Å². The van der Waals surface area contributed by atoms with Crippen LogP contribution >= 0.6 is 7.82 Å². The molecule has 0 aliphatic carbocycles. The quantitative estimate of drug-likeness (QED) is 0.0264. The highest BCUT2D eigenvalue weighted by atomic mass is 31.2. The van der Waals surface area contributed by atoms with Crippen molar-refractivity contribution in [1.82, 2.24) is 0 Å². The van der Waals surface area contributed by atoms with Crippen LogP contribution in [0.1, 0.15) is 348 Å². The van der Waals surface area contributed by atoms with Gasteiger partial charge in [0.05, 0.1) is 13.2 Å². The Bertz CT molecular complexity index is 1430. The summed E-state index contributed by atoms with van der Waals surface area (Å²) in [6.45, 7) is 3.79. The van der Waals surface area contributed by atoms with Crippen LogP contribution in [0.2, 0.25) is 0 Å². The average Bonchev–Trinajstić information content (AvgIpc) is 3.44. The smallest absolute Gasteiger partial charge is 0.462 e. The summed E-state index contributed by atoms with van der Waals surface area (Å²) in [6.07, 6.45) is 82.0. The number of esters is 2. The van der Waals surface area contributed by atoms with Gasteiger partial charge in [-0.25, -0.2) is 4.57 Å². The molecule has 3 N–H and O–H groups in total. The molecular formula is C69H130NO8P. The molecule has 0 spiro atoms. The number of hydrogen-bond acceptors (Lipinski definition) is 8. The van der Waals surface area contributed by atoms with Crippen molar-refractivity contribution in [2.75, 3.05) is 26.4 Å². The molecule has 0 saturated carbocycles. The summed E-state index contributed by atoms with van der Waals surface area (Å²) in [5.74, 6) is -0.813. The zero-order chi connectivity index (χ0) is 57.3. The number of carbonyl (C=O) groups excluding carboxylic acids is 2. The first-order valence-electron chi connectivity index (χ1n) is 34.1. The van der Waals surface area contributed by atoms with Crippen molar-refractivity contribution < 1.29 is 37.6 Å². The van der Waals surface area contributed by atoms with Crippen LogP contribution in [0.5, 0.6) is 0 Å². The first kappa shape index (κ1) is 77.0. The Morgan fingerprint density at radius 1 is 0.380 bits per heavy atom. The van der Waals surface area contributed by atoms with E-state index in [1.807, 2.05) is 0 Å². The third-order valence-corrected chi connectivity index (χ3v) is 16.2. The molecule has 0 aromatic rings. The number of phosphoric ester groups is 1. The summed E-state index contributed by atoms with van der Waals surface area (Å²) in [5, 5.41) is 0. The highest BCUT2D eigenvalue weighted by molar-refractivity contribution is 7.47. The van der Waals surface area contributed by atoms with Crippen LogP contribution in [0.3, 0.4) is 0 Å². The normalized spacial score (nSPS) is 13.2. The lowest BCUT2D eigenvalue weighted by Gasteiger charge is -2.19. The van der Waals surface area contributed by atoms with Crippen molar-refractivity contribution in [2.24, 2.45) is 5.73 Å². The van der Waals surface area contributed by atoms with Gasteiger partial charge in [-0.3, -0.25) is 18.6 Å². The molecule has 0 aromatic carbocycles. The Morgan fingerprint density at radius 3 is 0.987 bits per heavy atom. The Hall–Kier alpha value is -2.03. The fraction of sp³-hybridized carbons (Fsp3) is 0.855. The predicted octanol–water partition coefficient (Wildman–Crippen LogP) is 22.1. The number of rotatable bonds is 65. The number of hydrogen-bond donors (Lipinski definition) is 2. The molecule has 0 saturated heterocycles. The van der Waals surface area contributed by atoms with Crippen molar-refractivity contribution in [3.8, 4) is 0 Å². The van der Waals surface area contributed by atoms with Crippen LogP contribution < -0.4 is 5.73 Å². The van der Waals surface area contributed by atoms with Crippen molar-refractivity contribution in [2.45, 2.75) is 354 Å². The van der Waals surface area contributed by atoms with Gasteiger partial charge in [0.2, 0.25) is 0 Å². The van der Waals surface area contributed by atoms with E-state index in [9.17, 15) is 19.0 Å².